The van der Waals surface area contributed by atoms with Crippen LogP contribution in [-0.2, 0) is 0 Å². The van der Waals surface area contributed by atoms with Gasteiger partial charge in [0, 0.05) is 17.5 Å². The van der Waals surface area contributed by atoms with Gasteiger partial charge >= 0.3 is 5.97 Å². The van der Waals surface area contributed by atoms with E-state index in [-0.39, 0.29) is 34.9 Å². The Morgan fingerprint density at radius 2 is 2.24 bits per heavy atom. The molecule has 7 nitrogen and oxygen atoms in total. The fourth-order valence-corrected chi connectivity index (χ4v) is 2.95. The Kier molecular flexibility index (Phi) is 4.63. The number of benzene rings is 1. The van der Waals surface area contributed by atoms with Gasteiger partial charge in [0.05, 0.1) is 13.7 Å². The van der Waals surface area contributed by atoms with E-state index in [9.17, 15) is 19.4 Å². The number of aliphatic hydroxyl groups excluding tert-OH is 1. The van der Waals surface area contributed by atoms with Crippen LogP contribution < -0.4 is 10.1 Å². The van der Waals surface area contributed by atoms with Gasteiger partial charge in [-0.2, -0.15) is 0 Å². The number of aliphatic hydroxyl groups is 1. The van der Waals surface area contributed by atoms with E-state index in [1.807, 2.05) is 0 Å². The van der Waals surface area contributed by atoms with Crippen LogP contribution >= 0.6 is 0 Å². The lowest BCUT2D eigenvalue weighted by molar-refractivity contribution is 0.0574. The molecule has 1 heterocycles. The van der Waals surface area contributed by atoms with Crippen molar-refractivity contribution in [1.29, 1.82) is 0 Å². The monoisotopic (exact) mass is 350 g/mol. The minimum Gasteiger partial charge on any atom is -0.494 e. The first-order chi connectivity index (χ1) is 12.0. The van der Waals surface area contributed by atoms with Crippen LogP contribution in [0.3, 0.4) is 0 Å². The zero-order valence-electron chi connectivity index (χ0n) is 13.7. The molecule has 1 aromatic heterocycles. The van der Waals surface area contributed by atoms with E-state index in [1.165, 1.54) is 25.3 Å². The van der Waals surface area contributed by atoms with Gasteiger partial charge in [-0.3, -0.25) is 0 Å². The number of carbonyl (C=O) groups is 1. The summed E-state index contributed by atoms with van der Waals surface area (Å²) in [7, 11) is 1.32. The number of anilines is 1. The second-order valence-corrected chi connectivity index (χ2v) is 6.26. The van der Waals surface area contributed by atoms with Crippen LogP contribution in [0.1, 0.15) is 29.6 Å². The summed E-state index contributed by atoms with van der Waals surface area (Å²) in [6.45, 7) is 0.435. The number of carboxylic acid groups (broad SMARTS) is 1. The average Bonchev–Trinajstić information content (AvgIpc) is 2.99. The summed E-state index contributed by atoms with van der Waals surface area (Å²) in [5, 5.41) is 25.8. The van der Waals surface area contributed by atoms with Crippen molar-refractivity contribution in [3.63, 3.8) is 0 Å². The zero-order chi connectivity index (χ0) is 18.0. The molecule has 134 valence electrons. The second kappa shape index (κ2) is 6.72. The molecular formula is C17H19FN2O5. The summed E-state index contributed by atoms with van der Waals surface area (Å²) in [5.41, 5.74) is -0.0358. The number of hydrogen-bond donors (Lipinski definition) is 3. The van der Waals surface area contributed by atoms with Gasteiger partial charge in [-0.15, -0.1) is 0 Å². The first-order valence-electron chi connectivity index (χ1n) is 7.91. The SMILES string of the molecule is COc1cc(-c2onc(NCC3(CO)CCC3)c2C(=O)O)ccc1F. The van der Waals surface area contributed by atoms with Crippen LogP contribution in [0.15, 0.2) is 22.7 Å². The minimum atomic E-state index is -1.21. The van der Waals surface area contributed by atoms with Crippen LogP contribution in [0.2, 0.25) is 0 Å². The smallest absolute Gasteiger partial charge is 0.343 e. The highest BCUT2D eigenvalue weighted by molar-refractivity contribution is 5.99. The molecule has 25 heavy (non-hydrogen) atoms. The van der Waals surface area contributed by atoms with Crippen LogP contribution in [-0.4, -0.2) is 41.6 Å². The number of ether oxygens (including phenoxy) is 1. The predicted molar refractivity (Wildman–Crippen MR) is 87.3 cm³/mol. The van der Waals surface area contributed by atoms with Crippen molar-refractivity contribution in [3.05, 3.63) is 29.6 Å². The van der Waals surface area contributed by atoms with E-state index < -0.39 is 11.8 Å². The van der Waals surface area contributed by atoms with E-state index in [4.69, 9.17) is 9.26 Å². The molecule has 1 fully saturated rings. The zero-order valence-corrected chi connectivity index (χ0v) is 13.7. The Hall–Kier alpha value is -2.61. The number of rotatable bonds is 7. The van der Waals surface area contributed by atoms with Gasteiger partial charge in [-0.25, -0.2) is 9.18 Å². The maximum atomic E-state index is 13.6. The quantitative estimate of drug-likeness (QED) is 0.705. The number of aromatic carboxylic acids is 1. The van der Waals surface area contributed by atoms with E-state index in [1.54, 1.807) is 0 Å². The van der Waals surface area contributed by atoms with Crippen molar-refractivity contribution in [1.82, 2.24) is 5.16 Å². The average molecular weight is 350 g/mol. The molecule has 0 atom stereocenters. The minimum absolute atomic E-state index is 0.0138. The van der Waals surface area contributed by atoms with Crippen molar-refractivity contribution < 1.29 is 28.7 Å². The molecular weight excluding hydrogens is 331 g/mol. The fourth-order valence-electron chi connectivity index (χ4n) is 2.95. The summed E-state index contributed by atoms with van der Waals surface area (Å²) in [6.07, 6.45) is 2.78. The first-order valence-corrected chi connectivity index (χ1v) is 7.91. The van der Waals surface area contributed by atoms with Crippen LogP contribution in [0.4, 0.5) is 10.2 Å². The van der Waals surface area contributed by atoms with Crippen LogP contribution in [0, 0.1) is 11.2 Å². The molecule has 0 radical (unpaired) electrons. The summed E-state index contributed by atoms with van der Waals surface area (Å²) >= 11 is 0. The van der Waals surface area contributed by atoms with E-state index >= 15 is 0 Å². The van der Waals surface area contributed by atoms with Crippen molar-refractivity contribution >= 4 is 11.8 Å². The number of carboxylic acids is 1. The van der Waals surface area contributed by atoms with Crippen molar-refractivity contribution in [2.75, 3.05) is 25.6 Å². The van der Waals surface area contributed by atoms with Crippen molar-refractivity contribution in [3.8, 4) is 17.1 Å². The summed E-state index contributed by atoms with van der Waals surface area (Å²) in [6, 6.07) is 3.92. The lowest BCUT2D eigenvalue weighted by Crippen LogP contribution is -2.40. The first kappa shape index (κ1) is 17.2. The lowest BCUT2D eigenvalue weighted by Gasteiger charge is -2.40. The van der Waals surface area contributed by atoms with Gasteiger partial charge in [-0.1, -0.05) is 11.6 Å². The lowest BCUT2D eigenvalue weighted by atomic mass is 9.69. The topological polar surface area (TPSA) is 105 Å². The summed E-state index contributed by atoms with van der Waals surface area (Å²) in [5.74, 6) is -1.69. The van der Waals surface area contributed by atoms with Gasteiger partial charge in [0.25, 0.3) is 0 Å². The predicted octanol–water partition coefficient (Wildman–Crippen LogP) is 2.76. The Morgan fingerprint density at radius 3 is 2.80 bits per heavy atom. The standard InChI is InChI=1S/C17H19FN2O5/c1-24-12-7-10(3-4-11(12)18)14-13(16(22)23)15(20-25-14)19-8-17(9-21)5-2-6-17/h3-4,7,21H,2,5-6,8-9H2,1H3,(H,19,20)(H,22,23). The highest BCUT2D eigenvalue weighted by Gasteiger charge is 2.37. The Balaban J connectivity index is 1.91. The van der Waals surface area contributed by atoms with Gasteiger partial charge in [0.2, 0.25) is 0 Å². The molecule has 1 saturated carbocycles. The number of nitrogens with zero attached hydrogens (tertiary/aromatic N) is 1. The normalized spacial score (nSPS) is 15.5. The summed E-state index contributed by atoms with van der Waals surface area (Å²) < 4.78 is 23.7. The molecule has 3 rings (SSSR count). The molecule has 8 heteroatoms. The Bertz CT molecular complexity index is 780. The Labute approximate surface area is 143 Å². The Morgan fingerprint density at radius 1 is 1.48 bits per heavy atom. The second-order valence-electron chi connectivity index (χ2n) is 6.26. The van der Waals surface area contributed by atoms with Crippen LogP contribution in [0.5, 0.6) is 5.75 Å². The highest BCUT2D eigenvalue weighted by atomic mass is 19.1. The van der Waals surface area contributed by atoms with Gasteiger partial charge in [-0.05, 0) is 31.0 Å². The highest BCUT2D eigenvalue weighted by Crippen LogP contribution is 2.41. The molecule has 0 unspecified atom stereocenters. The van der Waals surface area contributed by atoms with Crippen LogP contribution in [0.25, 0.3) is 11.3 Å². The van der Waals surface area contributed by atoms with Crippen molar-refractivity contribution in [2.24, 2.45) is 5.41 Å². The molecule has 0 amide bonds. The number of nitrogens with one attached hydrogen (secondary N) is 1. The van der Waals surface area contributed by atoms with E-state index in [2.05, 4.69) is 10.5 Å². The molecule has 1 aromatic carbocycles. The summed E-state index contributed by atoms with van der Waals surface area (Å²) in [4.78, 5) is 11.7. The maximum Gasteiger partial charge on any atom is 0.343 e. The van der Waals surface area contributed by atoms with Gasteiger partial charge in [0.15, 0.2) is 28.7 Å². The molecule has 1 aliphatic rings. The molecule has 1 aliphatic carbocycles. The molecule has 0 aliphatic heterocycles. The third-order valence-corrected chi connectivity index (χ3v) is 4.70. The molecule has 0 spiro atoms. The van der Waals surface area contributed by atoms with E-state index in [0.717, 1.165) is 19.3 Å². The largest absolute Gasteiger partial charge is 0.494 e. The van der Waals surface area contributed by atoms with Crippen molar-refractivity contribution in [2.45, 2.75) is 19.3 Å². The number of hydrogen-bond acceptors (Lipinski definition) is 6. The fraction of sp³-hybridized carbons (Fsp3) is 0.412. The maximum absolute atomic E-state index is 13.6. The molecule has 0 bridgehead atoms. The molecule has 0 saturated heterocycles. The van der Waals surface area contributed by atoms with Gasteiger partial charge < -0.3 is 24.8 Å². The van der Waals surface area contributed by atoms with E-state index in [0.29, 0.717) is 12.1 Å². The number of methoxy groups -OCH3 is 1. The third-order valence-electron chi connectivity index (χ3n) is 4.70. The number of aromatic nitrogens is 1. The molecule has 3 N–H and O–H groups in total. The molecule has 2 aromatic rings. The van der Waals surface area contributed by atoms with Gasteiger partial charge in [0.1, 0.15) is 0 Å². The third kappa shape index (κ3) is 3.17. The number of halogens is 1.